The van der Waals surface area contributed by atoms with E-state index >= 15 is 0 Å². The van der Waals surface area contributed by atoms with E-state index in [1.807, 2.05) is 46.3 Å². The number of nitrogens with zero attached hydrogens (tertiary/aromatic N) is 2. The fourth-order valence-corrected chi connectivity index (χ4v) is 3.93. The predicted octanol–water partition coefficient (Wildman–Crippen LogP) is 3.29. The van der Waals surface area contributed by atoms with E-state index in [9.17, 15) is 9.59 Å². The molecule has 0 saturated carbocycles. The average Bonchev–Trinajstić information content (AvgIpc) is 3.17. The van der Waals surface area contributed by atoms with Crippen LogP contribution in [-0.4, -0.2) is 59.9 Å². The van der Waals surface area contributed by atoms with Crippen molar-refractivity contribution in [1.29, 1.82) is 0 Å². The van der Waals surface area contributed by atoms with E-state index in [4.69, 9.17) is 16.3 Å². The highest BCUT2D eigenvalue weighted by Crippen LogP contribution is 2.24. The largest absolute Gasteiger partial charge is 0.497 e. The molecular weight excluding hydrogens is 402 g/mol. The first-order valence-electron chi connectivity index (χ1n) is 9.97. The summed E-state index contributed by atoms with van der Waals surface area (Å²) in [5.41, 5.74) is 2.88. The van der Waals surface area contributed by atoms with Crippen molar-refractivity contribution in [2.75, 3.05) is 33.3 Å². The van der Waals surface area contributed by atoms with Crippen molar-refractivity contribution < 1.29 is 14.3 Å². The number of rotatable bonds is 5. The van der Waals surface area contributed by atoms with Gasteiger partial charge in [-0.2, -0.15) is 0 Å². The molecule has 2 heterocycles. The van der Waals surface area contributed by atoms with Gasteiger partial charge in [0.15, 0.2) is 0 Å². The number of H-pyrrole nitrogens is 1. The second kappa shape index (κ2) is 8.79. The fraction of sp³-hybridized carbons (Fsp3) is 0.304. The van der Waals surface area contributed by atoms with Crippen LogP contribution in [0.4, 0.5) is 0 Å². The summed E-state index contributed by atoms with van der Waals surface area (Å²) in [6.07, 6.45) is 2.56. The summed E-state index contributed by atoms with van der Waals surface area (Å²) in [5.74, 6) is 0.917. The van der Waals surface area contributed by atoms with Crippen LogP contribution in [0.3, 0.4) is 0 Å². The Morgan fingerprint density at radius 2 is 1.60 bits per heavy atom. The minimum atomic E-state index is 0.0727. The van der Waals surface area contributed by atoms with Crippen molar-refractivity contribution in [1.82, 2.24) is 14.8 Å². The molecule has 156 valence electrons. The summed E-state index contributed by atoms with van der Waals surface area (Å²) in [7, 11) is 1.63. The number of ether oxygens (including phenoxy) is 1. The van der Waals surface area contributed by atoms with Crippen LogP contribution >= 0.6 is 11.6 Å². The molecular formula is C23H24ClN3O3. The first-order valence-corrected chi connectivity index (χ1v) is 10.4. The van der Waals surface area contributed by atoms with Crippen LogP contribution in [0.5, 0.6) is 5.75 Å². The molecule has 1 aliphatic heterocycles. The molecule has 0 radical (unpaired) electrons. The molecule has 7 heteroatoms. The van der Waals surface area contributed by atoms with Gasteiger partial charge in [-0.25, -0.2) is 0 Å². The topological polar surface area (TPSA) is 65.6 Å². The number of amides is 2. The maximum Gasteiger partial charge on any atom is 0.227 e. The molecule has 1 N–H and O–H groups in total. The smallest absolute Gasteiger partial charge is 0.227 e. The Morgan fingerprint density at radius 1 is 0.967 bits per heavy atom. The Morgan fingerprint density at radius 3 is 2.23 bits per heavy atom. The molecule has 2 aromatic carbocycles. The number of aromatic nitrogens is 1. The van der Waals surface area contributed by atoms with E-state index in [1.54, 1.807) is 19.2 Å². The van der Waals surface area contributed by atoms with E-state index in [1.165, 1.54) is 0 Å². The highest BCUT2D eigenvalue weighted by molar-refractivity contribution is 6.30. The number of fused-ring (bicyclic) bond motifs is 1. The molecule has 0 atom stereocenters. The lowest BCUT2D eigenvalue weighted by molar-refractivity contribution is -0.138. The van der Waals surface area contributed by atoms with Gasteiger partial charge in [-0.15, -0.1) is 0 Å². The molecule has 0 bridgehead atoms. The molecule has 4 rings (SSSR count). The van der Waals surface area contributed by atoms with Gasteiger partial charge in [0, 0.05) is 48.3 Å². The van der Waals surface area contributed by atoms with Crippen LogP contribution in [0.15, 0.2) is 48.7 Å². The monoisotopic (exact) mass is 425 g/mol. The van der Waals surface area contributed by atoms with E-state index in [0.717, 1.165) is 27.8 Å². The van der Waals surface area contributed by atoms with Crippen LogP contribution in [0, 0.1) is 0 Å². The lowest BCUT2D eigenvalue weighted by Gasteiger charge is -2.35. The summed E-state index contributed by atoms with van der Waals surface area (Å²) in [4.78, 5) is 32.3. The molecule has 1 aromatic heterocycles. The van der Waals surface area contributed by atoms with Crippen LogP contribution in [-0.2, 0) is 22.4 Å². The minimum absolute atomic E-state index is 0.0727. The Balaban J connectivity index is 1.33. The minimum Gasteiger partial charge on any atom is -0.497 e. The third-order valence-corrected chi connectivity index (χ3v) is 5.82. The molecule has 3 aromatic rings. The van der Waals surface area contributed by atoms with Gasteiger partial charge in [0.2, 0.25) is 11.8 Å². The molecule has 2 amide bonds. The van der Waals surface area contributed by atoms with Gasteiger partial charge in [0.1, 0.15) is 5.75 Å². The maximum absolute atomic E-state index is 12.8. The van der Waals surface area contributed by atoms with Crippen molar-refractivity contribution in [2.24, 2.45) is 0 Å². The normalized spacial score (nSPS) is 14.2. The molecule has 0 aliphatic carbocycles. The summed E-state index contributed by atoms with van der Waals surface area (Å²) in [6, 6.07) is 13.1. The second-order valence-electron chi connectivity index (χ2n) is 7.47. The summed E-state index contributed by atoms with van der Waals surface area (Å²) in [6.45, 7) is 2.22. The van der Waals surface area contributed by atoms with Crippen molar-refractivity contribution >= 4 is 34.3 Å². The summed E-state index contributed by atoms with van der Waals surface area (Å²) < 4.78 is 5.30. The average molecular weight is 426 g/mol. The zero-order chi connectivity index (χ0) is 21.1. The highest BCUT2D eigenvalue weighted by Gasteiger charge is 2.24. The number of piperazine rings is 1. The molecule has 1 aliphatic rings. The van der Waals surface area contributed by atoms with Crippen molar-refractivity contribution in [3.05, 3.63) is 64.8 Å². The first-order chi connectivity index (χ1) is 14.5. The number of benzene rings is 2. The third-order valence-electron chi connectivity index (χ3n) is 5.57. The van der Waals surface area contributed by atoms with Gasteiger partial charge in [-0.05, 0) is 41.5 Å². The maximum atomic E-state index is 12.8. The number of hydrogen-bond donors (Lipinski definition) is 1. The molecule has 1 saturated heterocycles. The number of carbonyl (C=O) groups excluding carboxylic acids is 2. The Labute approximate surface area is 180 Å². The molecule has 0 unspecified atom stereocenters. The number of halogens is 1. The number of carbonyl (C=O) groups is 2. The first kappa shape index (κ1) is 20.3. The van der Waals surface area contributed by atoms with Gasteiger partial charge >= 0.3 is 0 Å². The molecule has 30 heavy (non-hydrogen) atoms. The molecule has 6 nitrogen and oxygen atoms in total. The Kier molecular flexibility index (Phi) is 5.95. The molecule has 0 spiro atoms. The third kappa shape index (κ3) is 4.44. The highest BCUT2D eigenvalue weighted by atomic mass is 35.5. The van der Waals surface area contributed by atoms with E-state index < -0.39 is 0 Å². The lowest BCUT2D eigenvalue weighted by atomic mass is 10.1. The van der Waals surface area contributed by atoms with Gasteiger partial charge in [-0.1, -0.05) is 23.7 Å². The second-order valence-corrected chi connectivity index (χ2v) is 7.90. The van der Waals surface area contributed by atoms with Gasteiger partial charge < -0.3 is 19.5 Å². The quantitative estimate of drug-likeness (QED) is 0.682. The standard InChI is InChI=1S/C23H24ClN3O3/c1-30-19-6-7-21-20(14-19)17(15-25-21)13-23(29)27-10-8-26(9-11-27)22(28)12-16-2-4-18(24)5-3-16/h2-7,14-15,25H,8-13H2,1H3. The number of hydrogen-bond acceptors (Lipinski definition) is 3. The van der Waals surface area contributed by atoms with E-state index in [-0.39, 0.29) is 11.8 Å². The SMILES string of the molecule is COc1ccc2[nH]cc(CC(=O)N3CCN(C(=O)Cc4ccc(Cl)cc4)CC3)c2c1. The number of nitrogens with one attached hydrogen (secondary N) is 1. The zero-order valence-electron chi connectivity index (χ0n) is 16.9. The number of aromatic amines is 1. The van der Waals surface area contributed by atoms with Crippen LogP contribution in [0.1, 0.15) is 11.1 Å². The summed E-state index contributed by atoms with van der Waals surface area (Å²) >= 11 is 5.90. The summed E-state index contributed by atoms with van der Waals surface area (Å²) in [5, 5.41) is 1.66. The Hall–Kier alpha value is -2.99. The van der Waals surface area contributed by atoms with Crippen molar-refractivity contribution in [3.63, 3.8) is 0 Å². The van der Waals surface area contributed by atoms with Crippen LogP contribution < -0.4 is 4.74 Å². The zero-order valence-corrected chi connectivity index (χ0v) is 17.6. The fourth-order valence-electron chi connectivity index (χ4n) is 3.80. The molecule has 1 fully saturated rings. The van der Waals surface area contributed by atoms with E-state index in [2.05, 4.69) is 4.98 Å². The Bertz CT molecular complexity index is 1050. The van der Waals surface area contributed by atoms with Crippen LogP contribution in [0.25, 0.3) is 10.9 Å². The lowest BCUT2D eigenvalue weighted by Crippen LogP contribution is -2.51. The van der Waals surface area contributed by atoms with Gasteiger partial charge in [-0.3, -0.25) is 9.59 Å². The number of methoxy groups -OCH3 is 1. The predicted molar refractivity (Wildman–Crippen MR) is 117 cm³/mol. The van der Waals surface area contributed by atoms with Gasteiger partial charge in [0.05, 0.1) is 20.0 Å². The van der Waals surface area contributed by atoms with E-state index in [0.29, 0.717) is 44.0 Å². The van der Waals surface area contributed by atoms with Crippen LogP contribution in [0.2, 0.25) is 5.02 Å². The van der Waals surface area contributed by atoms with Crippen molar-refractivity contribution in [2.45, 2.75) is 12.8 Å². The van der Waals surface area contributed by atoms with Crippen molar-refractivity contribution in [3.8, 4) is 5.75 Å². The van der Waals surface area contributed by atoms with Gasteiger partial charge in [0.25, 0.3) is 0 Å².